The second-order valence-electron chi connectivity index (χ2n) is 7.26. The number of nitrogens with zero attached hydrogens (tertiary/aromatic N) is 3. The van der Waals surface area contributed by atoms with Gasteiger partial charge in [0.05, 0.1) is 13.0 Å². The minimum atomic E-state index is -0.421. The van der Waals surface area contributed by atoms with Crippen molar-refractivity contribution in [1.29, 1.82) is 0 Å². The second-order valence-corrected chi connectivity index (χ2v) is 8.24. The van der Waals surface area contributed by atoms with Crippen LogP contribution in [0.15, 0.2) is 24.3 Å². The highest BCUT2D eigenvalue weighted by molar-refractivity contribution is 7.15. The zero-order valence-electron chi connectivity index (χ0n) is 15.3. The van der Waals surface area contributed by atoms with E-state index in [9.17, 15) is 9.59 Å². The second kappa shape index (κ2) is 7.03. The smallest absolute Gasteiger partial charge is 0.231 e. The van der Waals surface area contributed by atoms with Gasteiger partial charge in [-0.25, -0.2) is 0 Å². The molecule has 2 aromatic rings. The van der Waals surface area contributed by atoms with Crippen molar-refractivity contribution in [2.75, 3.05) is 23.9 Å². The molecule has 26 heavy (non-hydrogen) atoms. The van der Waals surface area contributed by atoms with Crippen molar-refractivity contribution in [2.24, 2.45) is 5.92 Å². The minimum Gasteiger partial charge on any atom is -0.497 e. The third-order valence-electron chi connectivity index (χ3n) is 4.16. The molecule has 2 heterocycles. The number of anilines is 2. The molecule has 1 aliphatic rings. The molecule has 1 fully saturated rings. The summed E-state index contributed by atoms with van der Waals surface area (Å²) < 4.78 is 5.20. The van der Waals surface area contributed by atoms with Crippen LogP contribution >= 0.6 is 11.3 Å². The van der Waals surface area contributed by atoms with Gasteiger partial charge in [-0.1, -0.05) is 38.2 Å². The number of rotatable bonds is 4. The van der Waals surface area contributed by atoms with Crippen LogP contribution in [-0.2, 0) is 15.0 Å². The maximum Gasteiger partial charge on any atom is 0.231 e. The molecule has 8 heteroatoms. The first-order valence-electron chi connectivity index (χ1n) is 8.37. The summed E-state index contributed by atoms with van der Waals surface area (Å²) in [5, 5.41) is 12.3. The van der Waals surface area contributed by atoms with E-state index in [1.54, 1.807) is 18.1 Å². The normalized spacial score (nSPS) is 17.5. The van der Waals surface area contributed by atoms with Crippen molar-refractivity contribution in [3.8, 4) is 5.75 Å². The average molecular weight is 374 g/mol. The molecule has 138 valence electrons. The molecule has 1 atom stereocenters. The zero-order chi connectivity index (χ0) is 18.9. The van der Waals surface area contributed by atoms with Gasteiger partial charge < -0.3 is 15.0 Å². The topological polar surface area (TPSA) is 84.4 Å². The lowest BCUT2D eigenvalue weighted by molar-refractivity contribution is -0.122. The lowest BCUT2D eigenvalue weighted by Gasteiger charge is -2.17. The molecule has 3 rings (SSSR count). The number of carbonyl (C=O) groups is 2. The first kappa shape index (κ1) is 18.3. The molecular weight excluding hydrogens is 352 g/mol. The van der Waals surface area contributed by atoms with Gasteiger partial charge in [-0.15, -0.1) is 10.2 Å². The van der Waals surface area contributed by atoms with Crippen molar-refractivity contribution < 1.29 is 14.3 Å². The van der Waals surface area contributed by atoms with E-state index in [0.717, 1.165) is 10.7 Å². The standard InChI is InChI=1S/C18H22N4O3S/c1-18(2,3)16-20-21-17(26-16)19-15(24)11-8-14(23)22(10-11)12-6-5-7-13(9-12)25-4/h5-7,9,11H,8,10H2,1-4H3,(H,19,21,24)/t11-/m1/s1. The summed E-state index contributed by atoms with van der Waals surface area (Å²) in [7, 11) is 1.58. The molecule has 1 aliphatic heterocycles. The summed E-state index contributed by atoms with van der Waals surface area (Å²) in [5.74, 6) is -0.0335. The Hall–Kier alpha value is -2.48. The van der Waals surface area contributed by atoms with Gasteiger partial charge in [0.1, 0.15) is 10.8 Å². The Labute approximate surface area is 156 Å². The molecule has 1 aromatic carbocycles. The molecule has 1 N–H and O–H groups in total. The van der Waals surface area contributed by atoms with Gasteiger partial charge in [0.2, 0.25) is 16.9 Å². The first-order chi connectivity index (χ1) is 12.3. The van der Waals surface area contributed by atoms with Crippen LogP contribution in [0.2, 0.25) is 0 Å². The van der Waals surface area contributed by atoms with Gasteiger partial charge in [-0.3, -0.25) is 9.59 Å². The molecule has 2 amide bonds. The van der Waals surface area contributed by atoms with E-state index >= 15 is 0 Å². The van der Waals surface area contributed by atoms with Gasteiger partial charge >= 0.3 is 0 Å². The number of hydrogen-bond acceptors (Lipinski definition) is 6. The fourth-order valence-electron chi connectivity index (χ4n) is 2.70. The summed E-state index contributed by atoms with van der Waals surface area (Å²) in [6.07, 6.45) is 0.175. The van der Waals surface area contributed by atoms with Crippen LogP contribution in [0.1, 0.15) is 32.2 Å². The van der Waals surface area contributed by atoms with Gasteiger partial charge in [0.25, 0.3) is 0 Å². The van der Waals surface area contributed by atoms with Crippen molar-refractivity contribution >= 4 is 34.0 Å². The molecule has 0 bridgehead atoms. The Kier molecular flexibility index (Phi) is 4.95. The highest BCUT2D eigenvalue weighted by atomic mass is 32.1. The van der Waals surface area contributed by atoms with E-state index in [2.05, 4.69) is 15.5 Å². The van der Waals surface area contributed by atoms with E-state index in [4.69, 9.17) is 4.74 Å². The minimum absolute atomic E-state index is 0.0777. The number of nitrogens with one attached hydrogen (secondary N) is 1. The summed E-state index contributed by atoms with van der Waals surface area (Å²) in [6, 6.07) is 7.26. The summed E-state index contributed by atoms with van der Waals surface area (Å²) in [5.41, 5.74) is 0.614. The van der Waals surface area contributed by atoms with Gasteiger partial charge in [-0.05, 0) is 12.1 Å². The van der Waals surface area contributed by atoms with E-state index in [0.29, 0.717) is 17.4 Å². The molecular formula is C18H22N4O3S. The molecule has 0 spiro atoms. The van der Waals surface area contributed by atoms with E-state index in [1.165, 1.54) is 11.3 Å². The maximum absolute atomic E-state index is 12.5. The molecule has 1 saturated heterocycles. The Balaban J connectivity index is 1.68. The predicted octanol–water partition coefficient (Wildman–Crippen LogP) is 2.84. The molecule has 7 nitrogen and oxygen atoms in total. The van der Waals surface area contributed by atoms with Crippen LogP contribution < -0.4 is 15.0 Å². The van der Waals surface area contributed by atoms with Crippen LogP contribution in [0.4, 0.5) is 10.8 Å². The van der Waals surface area contributed by atoms with Crippen LogP contribution in [0.25, 0.3) is 0 Å². The number of benzene rings is 1. The van der Waals surface area contributed by atoms with Crippen LogP contribution in [0, 0.1) is 5.92 Å². The van der Waals surface area contributed by atoms with Gasteiger partial charge in [0.15, 0.2) is 0 Å². The van der Waals surface area contributed by atoms with Gasteiger partial charge in [-0.2, -0.15) is 0 Å². The number of hydrogen-bond donors (Lipinski definition) is 1. The number of methoxy groups -OCH3 is 1. The molecule has 0 saturated carbocycles. The van der Waals surface area contributed by atoms with Crippen LogP contribution in [0.5, 0.6) is 5.75 Å². The number of aromatic nitrogens is 2. The molecule has 0 aliphatic carbocycles. The van der Waals surface area contributed by atoms with Crippen molar-refractivity contribution in [3.05, 3.63) is 29.3 Å². The Bertz CT molecular complexity index is 828. The highest BCUT2D eigenvalue weighted by Gasteiger charge is 2.35. The molecule has 0 radical (unpaired) electrons. The van der Waals surface area contributed by atoms with E-state index in [-0.39, 0.29) is 23.7 Å². The van der Waals surface area contributed by atoms with Crippen molar-refractivity contribution in [2.45, 2.75) is 32.6 Å². The predicted molar refractivity (Wildman–Crippen MR) is 101 cm³/mol. The summed E-state index contributed by atoms with van der Waals surface area (Å²) in [4.78, 5) is 26.5. The van der Waals surface area contributed by atoms with Crippen molar-refractivity contribution in [3.63, 3.8) is 0 Å². The van der Waals surface area contributed by atoms with Crippen molar-refractivity contribution in [1.82, 2.24) is 10.2 Å². The summed E-state index contributed by atoms with van der Waals surface area (Å²) >= 11 is 1.36. The first-order valence-corrected chi connectivity index (χ1v) is 9.19. The Morgan fingerprint density at radius 2 is 2.12 bits per heavy atom. The number of carbonyl (C=O) groups excluding carboxylic acids is 2. The fraction of sp³-hybridized carbons (Fsp3) is 0.444. The molecule has 0 unspecified atom stereocenters. The Morgan fingerprint density at radius 1 is 1.35 bits per heavy atom. The summed E-state index contributed by atoms with van der Waals surface area (Å²) in [6.45, 7) is 6.46. The lowest BCUT2D eigenvalue weighted by Crippen LogP contribution is -2.28. The van der Waals surface area contributed by atoms with Crippen LogP contribution in [-0.4, -0.2) is 35.7 Å². The van der Waals surface area contributed by atoms with Gasteiger partial charge in [0, 0.05) is 30.1 Å². The quantitative estimate of drug-likeness (QED) is 0.890. The number of ether oxygens (including phenoxy) is 1. The third kappa shape index (κ3) is 3.85. The zero-order valence-corrected chi connectivity index (χ0v) is 16.1. The third-order valence-corrected chi connectivity index (χ3v) is 5.42. The maximum atomic E-state index is 12.5. The van der Waals surface area contributed by atoms with Crippen LogP contribution in [0.3, 0.4) is 0 Å². The average Bonchev–Trinajstić information content (AvgIpc) is 3.21. The largest absolute Gasteiger partial charge is 0.497 e. The monoisotopic (exact) mass is 374 g/mol. The van der Waals surface area contributed by atoms with E-state index in [1.807, 2.05) is 39.0 Å². The highest BCUT2D eigenvalue weighted by Crippen LogP contribution is 2.30. The number of amides is 2. The lowest BCUT2D eigenvalue weighted by atomic mass is 9.98. The SMILES string of the molecule is COc1cccc(N2C[C@H](C(=O)Nc3nnc(C(C)(C)C)s3)CC2=O)c1. The molecule has 1 aromatic heterocycles. The van der Waals surface area contributed by atoms with E-state index < -0.39 is 5.92 Å². The Morgan fingerprint density at radius 3 is 2.77 bits per heavy atom. The fourth-order valence-corrected chi connectivity index (χ4v) is 3.50.